The summed E-state index contributed by atoms with van der Waals surface area (Å²) in [5, 5.41) is 0. The smallest absolute Gasteiger partial charge is 0.241 e. The molecule has 2 rings (SSSR count). The molecule has 1 aliphatic rings. The fourth-order valence-electron chi connectivity index (χ4n) is 3.30. The maximum absolute atomic E-state index is 12.8. The molecule has 1 unspecified atom stereocenters. The Hall–Kier alpha value is -1.40. The van der Waals surface area contributed by atoms with E-state index in [9.17, 15) is 13.2 Å². The van der Waals surface area contributed by atoms with Gasteiger partial charge in [0.25, 0.3) is 0 Å². The zero-order chi connectivity index (χ0) is 17.6. The Labute approximate surface area is 139 Å². The lowest BCUT2D eigenvalue weighted by Crippen LogP contribution is -2.44. The Balaban J connectivity index is 2.26. The van der Waals surface area contributed by atoms with Crippen molar-refractivity contribution in [3.63, 3.8) is 0 Å². The number of hydrogen-bond donors (Lipinski definition) is 1. The summed E-state index contributed by atoms with van der Waals surface area (Å²) in [6.07, 6.45) is 0.209. The van der Waals surface area contributed by atoms with Crippen LogP contribution in [0.4, 0.5) is 0 Å². The molecule has 0 bridgehead atoms. The van der Waals surface area contributed by atoms with E-state index in [0.717, 1.165) is 16.7 Å². The fraction of sp³-hybridized carbons (Fsp3) is 0.588. The van der Waals surface area contributed by atoms with E-state index in [4.69, 9.17) is 0 Å². The third kappa shape index (κ3) is 3.75. The molecule has 1 heterocycles. The van der Waals surface area contributed by atoms with Crippen molar-refractivity contribution in [3.05, 3.63) is 28.8 Å². The Morgan fingerprint density at radius 1 is 1.13 bits per heavy atom. The number of sulfonamides is 1. The number of amides is 1. The van der Waals surface area contributed by atoms with Gasteiger partial charge in [0, 0.05) is 24.5 Å². The SMILES string of the molecule is Cc1cc(C)c(S(=O)(=O)NC2CC(=O)N(C(C)(C)C)C2)c(C)c1. The van der Waals surface area contributed by atoms with E-state index in [1.54, 1.807) is 18.7 Å². The largest absolute Gasteiger partial charge is 0.336 e. The highest BCUT2D eigenvalue weighted by atomic mass is 32.2. The van der Waals surface area contributed by atoms with Crippen LogP contribution in [0.2, 0.25) is 0 Å². The monoisotopic (exact) mass is 338 g/mol. The molecular weight excluding hydrogens is 312 g/mol. The lowest BCUT2D eigenvalue weighted by atomic mass is 10.1. The van der Waals surface area contributed by atoms with Crippen molar-refractivity contribution in [3.8, 4) is 0 Å². The molecule has 0 radical (unpaired) electrons. The van der Waals surface area contributed by atoms with Gasteiger partial charge in [-0.2, -0.15) is 0 Å². The number of likely N-dealkylation sites (tertiary alicyclic amines) is 1. The quantitative estimate of drug-likeness (QED) is 0.919. The first-order valence-corrected chi connectivity index (χ1v) is 9.31. The van der Waals surface area contributed by atoms with E-state index in [1.165, 1.54) is 0 Å². The summed E-state index contributed by atoms with van der Waals surface area (Å²) in [6.45, 7) is 11.8. The van der Waals surface area contributed by atoms with Crippen molar-refractivity contribution in [1.29, 1.82) is 0 Å². The minimum absolute atomic E-state index is 0.0115. The third-order valence-electron chi connectivity index (χ3n) is 4.13. The van der Waals surface area contributed by atoms with Gasteiger partial charge in [-0.05, 0) is 52.7 Å². The van der Waals surface area contributed by atoms with Crippen molar-refractivity contribution in [1.82, 2.24) is 9.62 Å². The average molecular weight is 338 g/mol. The molecule has 0 spiro atoms. The lowest BCUT2D eigenvalue weighted by molar-refractivity contribution is -0.131. The van der Waals surface area contributed by atoms with Crippen LogP contribution < -0.4 is 4.72 Å². The maximum Gasteiger partial charge on any atom is 0.241 e. The molecule has 0 aromatic heterocycles. The van der Waals surface area contributed by atoms with Crippen molar-refractivity contribution in [2.75, 3.05) is 6.54 Å². The molecular formula is C17H26N2O3S. The van der Waals surface area contributed by atoms with Gasteiger partial charge < -0.3 is 4.90 Å². The highest BCUT2D eigenvalue weighted by Crippen LogP contribution is 2.25. The van der Waals surface area contributed by atoms with Crippen LogP contribution in [-0.4, -0.2) is 37.4 Å². The summed E-state index contributed by atoms with van der Waals surface area (Å²) in [5.74, 6) is -0.0115. The standard InChI is InChI=1S/C17H26N2O3S/c1-11-7-12(2)16(13(3)8-11)23(21,22)18-14-9-15(20)19(10-14)17(4,5)6/h7-8,14,18H,9-10H2,1-6H3. The molecule has 0 saturated carbocycles. The predicted molar refractivity (Wildman–Crippen MR) is 90.8 cm³/mol. The molecule has 128 valence electrons. The number of carbonyl (C=O) groups is 1. The second kappa shape index (κ2) is 5.91. The van der Waals surface area contributed by atoms with E-state index in [2.05, 4.69) is 4.72 Å². The van der Waals surface area contributed by atoms with Gasteiger partial charge in [-0.25, -0.2) is 13.1 Å². The molecule has 0 aliphatic carbocycles. The van der Waals surface area contributed by atoms with Gasteiger partial charge >= 0.3 is 0 Å². The topological polar surface area (TPSA) is 66.5 Å². The minimum Gasteiger partial charge on any atom is -0.336 e. The first kappa shape index (κ1) is 17.9. The molecule has 1 N–H and O–H groups in total. The van der Waals surface area contributed by atoms with Crippen LogP contribution in [0.5, 0.6) is 0 Å². The summed E-state index contributed by atoms with van der Waals surface area (Å²) in [6, 6.07) is 3.35. The number of nitrogens with one attached hydrogen (secondary N) is 1. The van der Waals surface area contributed by atoms with Gasteiger partial charge in [0.05, 0.1) is 4.90 Å². The van der Waals surface area contributed by atoms with E-state index in [-0.39, 0.29) is 23.9 Å². The van der Waals surface area contributed by atoms with Crippen molar-refractivity contribution >= 4 is 15.9 Å². The van der Waals surface area contributed by atoms with E-state index >= 15 is 0 Å². The number of hydrogen-bond acceptors (Lipinski definition) is 3. The van der Waals surface area contributed by atoms with E-state index in [0.29, 0.717) is 11.4 Å². The number of benzene rings is 1. The van der Waals surface area contributed by atoms with E-state index in [1.807, 2.05) is 39.8 Å². The molecule has 1 atom stereocenters. The lowest BCUT2D eigenvalue weighted by Gasteiger charge is -2.32. The molecule has 1 aromatic rings. The predicted octanol–water partition coefficient (Wildman–Crippen LogP) is 2.29. The fourth-order valence-corrected chi connectivity index (χ4v) is 4.98. The molecule has 23 heavy (non-hydrogen) atoms. The number of carbonyl (C=O) groups excluding carboxylic acids is 1. The van der Waals surface area contributed by atoms with E-state index < -0.39 is 10.0 Å². The van der Waals surface area contributed by atoms with Gasteiger partial charge in [-0.1, -0.05) is 17.7 Å². The minimum atomic E-state index is -3.64. The number of aryl methyl sites for hydroxylation is 3. The second-order valence-electron chi connectivity index (χ2n) is 7.43. The summed E-state index contributed by atoms with van der Waals surface area (Å²) < 4.78 is 28.2. The summed E-state index contributed by atoms with van der Waals surface area (Å²) in [5.41, 5.74) is 2.19. The molecule has 1 aliphatic heterocycles. The van der Waals surface area contributed by atoms with Gasteiger partial charge in [0.2, 0.25) is 15.9 Å². The van der Waals surface area contributed by atoms with Gasteiger partial charge in [0.1, 0.15) is 0 Å². The second-order valence-corrected chi connectivity index (χ2v) is 9.08. The normalized spacial score (nSPS) is 19.5. The van der Waals surface area contributed by atoms with Crippen molar-refractivity contribution in [2.24, 2.45) is 0 Å². The van der Waals surface area contributed by atoms with Gasteiger partial charge in [-0.3, -0.25) is 4.79 Å². The summed E-state index contributed by atoms with van der Waals surface area (Å²) >= 11 is 0. The average Bonchev–Trinajstić information content (AvgIpc) is 2.66. The van der Waals surface area contributed by atoms with Crippen LogP contribution >= 0.6 is 0 Å². The number of rotatable bonds is 3. The molecule has 6 heteroatoms. The number of nitrogens with zero attached hydrogens (tertiary/aromatic N) is 1. The van der Waals surface area contributed by atoms with Crippen LogP contribution in [0.15, 0.2) is 17.0 Å². The van der Waals surface area contributed by atoms with Crippen LogP contribution in [-0.2, 0) is 14.8 Å². The third-order valence-corrected chi connectivity index (χ3v) is 5.96. The zero-order valence-corrected chi connectivity index (χ0v) is 15.5. The first-order valence-electron chi connectivity index (χ1n) is 7.82. The van der Waals surface area contributed by atoms with Crippen LogP contribution in [0.3, 0.4) is 0 Å². The highest BCUT2D eigenvalue weighted by Gasteiger charge is 2.38. The Morgan fingerprint density at radius 3 is 2.09 bits per heavy atom. The maximum atomic E-state index is 12.8. The zero-order valence-electron chi connectivity index (χ0n) is 14.7. The Kier molecular flexibility index (Phi) is 4.61. The molecule has 1 saturated heterocycles. The summed E-state index contributed by atoms with van der Waals surface area (Å²) in [4.78, 5) is 14.2. The summed E-state index contributed by atoms with van der Waals surface area (Å²) in [7, 11) is -3.64. The van der Waals surface area contributed by atoms with Crippen molar-refractivity contribution < 1.29 is 13.2 Å². The van der Waals surface area contributed by atoms with Crippen LogP contribution in [0.1, 0.15) is 43.9 Å². The van der Waals surface area contributed by atoms with Crippen LogP contribution in [0, 0.1) is 20.8 Å². The molecule has 5 nitrogen and oxygen atoms in total. The molecule has 1 amide bonds. The molecule has 1 aromatic carbocycles. The van der Waals surface area contributed by atoms with Crippen LogP contribution in [0.25, 0.3) is 0 Å². The highest BCUT2D eigenvalue weighted by molar-refractivity contribution is 7.89. The Morgan fingerprint density at radius 2 is 1.65 bits per heavy atom. The van der Waals surface area contributed by atoms with Gasteiger partial charge in [0.15, 0.2) is 0 Å². The first-order chi connectivity index (χ1) is 10.4. The molecule has 1 fully saturated rings. The Bertz CT molecular complexity index is 710. The van der Waals surface area contributed by atoms with Crippen molar-refractivity contribution in [2.45, 2.75) is 64.4 Å². The van der Waals surface area contributed by atoms with Gasteiger partial charge in [-0.15, -0.1) is 0 Å².